The van der Waals surface area contributed by atoms with Crippen molar-refractivity contribution >= 4 is 27.5 Å². The van der Waals surface area contributed by atoms with Crippen LogP contribution < -0.4 is 11.1 Å². The Balaban J connectivity index is 2.18. The van der Waals surface area contributed by atoms with Crippen LogP contribution in [0.5, 0.6) is 0 Å². The molecule has 5 heteroatoms. The molecule has 0 radical (unpaired) electrons. The maximum absolute atomic E-state index is 11.9. The van der Waals surface area contributed by atoms with Crippen molar-refractivity contribution in [3.8, 4) is 0 Å². The van der Waals surface area contributed by atoms with E-state index in [0.29, 0.717) is 6.54 Å². The lowest BCUT2D eigenvalue weighted by Crippen LogP contribution is -2.37. The Morgan fingerprint density at radius 1 is 1.40 bits per heavy atom. The van der Waals surface area contributed by atoms with Gasteiger partial charge >= 0.3 is 6.09 Å². The second kappa shape index (κ2) is 5.81. The maximum atomic E-state index is 11.9. The Morgan fingerprint density at radius 3 is 2.75 bits per heavy atom. The maximum Gasteiger partial charge on any atom is 0.408 e. The van der Waals surface area contributed by atoms with Crippen LogP contribution in [0, 0.1) is 0 Å². The van der Waals surface area contributed by atoms with Crippen molar-refractivity contribution in [2.75, 3.05) is 6.54 Å². The van der Waals surface area contributed by atoms with E-state index < -0.39 is 11.7 Å². The molecule has 0 aliphatic heterocycles. The molecule has 2 aromatic rings. The van der Waals surface area contributed by atoms with Gasteiger partial charge in [-0.15, -0.1) is 11.3 Å². The molecule has 0 saturated heterocycles. The standard InChI is InChI=1S/C15H20N2O2S/c1-15(2,3)19-14(18)17-12(8-16)11-9-20-13-7-5-4-6-10(11)13/h4-7,9,12H,8,16H2,1-3H3,(H,17,18). The number of benzene rings is 1. The van der Waals surface area contributed by atoms with Crippen LogP contribution >= 0.6 is 11.3 Å². The van der Waals surface area contributed by atoms with Gasteiger partial charge in [0.25, 0.3) is 0 Å². The average molecular weight is 292 g/mol. The minimum Gasteiger partial charge on any atom is -0.444 e. The summed E-state index contributed by atoms with van der Waals surface area (Å²) in [5.41, 5.74) is 6.33. The quantitative estimate of drug-likeness (QED) is 0.911. The molecule has 1 aromatic carbocycles. The number of nitrogens with two attached hydrogens (primary N) is 1. The van der Waals surface area contributed by atoms with Crippen LogP contribution in [-0.2, 0) is 4.74 Å². The zero-order valence-corrected chi connectivity index (χ0v) is 12.8. The highest BCUT2D eigenvalue weighted by molar-refractivity contribution is 7.17. The number of amides is 1. The second-order valence-corrected chi connectivity index (χ2v) is 6.53. The number of ether oxygens (including phenoxy) is 1. The molecule has 2 rings (SSSR count). The van der Waals surface area contributed by atoms with Gasteiger partial charge in [-0.05, 0) is 43.2 Å². The van der Waals surface area contributed by atoms with Crippen LogP contribution in [0.3, 0.4) is 0 Å². The van der Waals surface area contributed by atoms with E-state index >= 15 is 0 Å². The van der Waals surface area contributed by atoms with Gasteiger partial charge in [0.1, 0.15) is 5.60 Å². The molecule has 4 nitrogen and oxygen atoms in total. The molecule has 0 spiro atoms. The lowest BCUT2D eigenvalue weighted by Gasteiger charge is -2.23. The van der Waals surface area contributed by atoms with E-state index in [0.717, 1.165) is 10.9 Å². The fraction of sp³-hybridized carbons (Fsp3) is 0.400. The van der Waals surface area contributed by atoms with Crippen LogP contribution in [0.2, 0.25) is 0 Å². The molecule has 1 heterocycles. The van der Waals surface area contributed by atoms with Gasteiger partial charge in [0.15, 0.2) is 0 Å². The number of carbonyl (C=O) groups excluding carboxylic acids is 1. The Labute approximate surface area is 122 Å². The summed E-state index contributed by atoms with van der Waals surface area (Å²) in [5, 5.41) is 6.01. The summed E-state index contributed by atoms with van der Waals surface area (Å²) in [7, 11) is 0. The van der Waals surface area contributed by atoms with Crippen LogP contribution in [0.1, 0.15) is 32.4 Å². The molecular formula is C15H20N2O2S. The van der Waals surface area contributed by atoms with Crippen LogP contribution in [0.25, 0.3) is 10.1 Å². The summed E-state index contributed by atoms with van der Waals surface area (Å²) in [6, 6.07) is 7.85. The number of carbonyl (C=O) groups is 1. The molecular weight excluding hydrogens is 272 g/mol. The molecule has 1 atom stereocenters. The van der Waals surface area contributed by atoms with E-state index in [1.165, 1.54) is 4.70 Å². The lowest BCUT2D eigenvalue weighted by atomic mass is 10.1. The van der Waals surface area contributed by atoms with Crippen molar-refractivity contribution in [3.63, 3.8) is 0 Å². The van der Waals surface area contributed by atoms with Gasteiger partial charge in [0.05, 0.1) is 6.04 Å². The first kappa shape index (κ1) is 14.8. The van der Waals surface area contributed by atoms with Gasteiger partial charge in [-0.2, -0.15) is 0 Å². The summed E-state index contributed by atoms with van der Waals surface area (Å²) in [4.78, 5) is 11.9. The first-order valence-corrected chi connectivity index (χ1v) is 7.44. The number of hydrogen-bond donors (Lipinski definition) is 2. The third-order valence-corrected chi connectivity index (χ3v) is 3.79. The molecule has 0 saturated carbocycles. The van der Waals surface area contributed by atoms with E-state index in [-0.39, 0.29) is 6.04 Å². The van der Waals surface area contributed by atoms with Crippen molar-refractivity contribution in [2.24, 2.45) is 5.73 Å². The van der Waals surface area contributed by atoms with Gasteiger partial charge < -0.3 is 15.8 Å². The van der Waals surface area contributed by atoms with E-state index in [1.54, 1.807) is 11.3 Å². The van der Waals surface area contributed by atoms with Crippen molar-refractivity contribution in [1.82, 2.24) is 5.32 Å². The number of hydrogen-bond acceptors (Lipinski definition) is 4. The fourth-order valence-electron chi connectivity index (χ4n) is 1.98. The van der Waals surface area contributed by atoms with Gasteiger partial charge in [-0.3, -0.25) is 0 Å². The Hall–Kier alpha value is -1.59. The first-order chi connectivity index (χ1) is 9.40. The molecule has 1 unspecified atom stereocenters. The summed E-state index contributed by atoms with van der Waals surface area (Å²) >= 11 is 1.65. The monoisotopic (exact) mass is 292 g/mol. The Bertz CT molecular complexity index is 601. The second-order valence-electron chi connectivity index (χ2n) is 5.62. The third kappa shape index (κ3) is 3.49. The summed E-state index contributed by atoms with van der Waals surface area (Å²) < 4.78 is 6.46. The molecule has 0 aliphatic rings. The van der Waals surface area contributed by atoms with Crippen LogP contribution in [-0.4, -0.2) is 18.2 Å². The van der Waals surface area contributed by atoms with E-state index in [4.69, 9.17) is 10.5 Å². The highest BCUT2D eigenvalue weighted by Crippen LogP contribution is 2.30. The number of nitrogens with one attached hydrogen (secondary N) is 1. The molecule has 0 bridgehead atoms. The molecule has 108 valence electrons. The molecule has 0 aliphatic carbocycles. The number of fused-ring (bicyclic) bond motifs is 1. The summed E-state index contributed by atoms with van der Waals surface area (Å²) in [6.07, 6.45) is -0.441. The molecule has 1 amide bonds. The largest absolute Gasteiger partial charge is 0.444 e. The fourth-order valence-corrected chi connectivity index (χ4v) is 3.00. The van der Waals surface area contributed by atoms with Crippen molar-refractivity contribution in [1.29, 1.82) is 0 Å². The smallest absolute Gasteiger partial charge is 0.408 e. The average Bonchev–Trinajstić information content (AvgIpc) is 2.77. The van der Waals surface area contributed by atoms with Crippen molar-refractivity contribution < 1.29 is 9.53 Å². The third-order valence-electron chi connectivity index (χ3n) is 2.81. The Morgan fingerprint density at radius 2 is 2.10 bits per heavy atom. The molecule has 0 fully saturated rings. The summed E-state index contributed by atoms with van der Waals surface area (Å²) in [6.45, 7) is 5.85. The highest BCUT2D eigenvalue weighted by atomic mass is 32.1. The first-order valence-electron chi connectivity index (χ1n) is 6.56. The zero-order chi connectivity index (χ0) is 14.8. The van der Waals surface area contributed by atoms with Gasteiger partial charge in [0.2, 0.25) is 0 Å². The van der Waals surface area contributed by atoms with Gasteiger partial charge in [0, 0.05) is 11.2 Å². The van der Waals surface area contributed by atoms with Crippen LogP contribution in [0.15, 0.2) is 29.6 Å². The lowest BCUT2D eigenvalue weighted by molar-refractivity contribution is 0.0505. The highest BCUT2D eigenvalue weighted by Gasteiger charge is 2.21. The summed E-state index contributed by atoms with van der Waals surface area (Å²) in [5.74, 6) is 0. The molecule has 20 heavy (non-hydrogen) atoms. The Kier molecular flexibility index (Phi) is 4.30. The van der Waals surface area contributed by atoms with Gasteiger partial charge in [-0.1, -0.05) is 18.2 Å². The normalized spacial score (nSPS) is 13.2. The minimum absolute atomic E-state index is 0.235. The number of alkyl carbamates (subject to hydrolysis) is 1. The molecule has 1 aromatic heterocycles. The van der Waals surface area contributed by atoms with Gasteiger partial charge in [-0.25, -0.2) is 4.79 Å². The minimum atomic E-state index is -0.514. The zero-order valence-electron chi connectivity index (χ0n) is 12.0. The molecule has 3 N–H and O–H groups in total. The van der Waals surface area contributed by atoms with Crippen LogP contribution in [0.4, 0.5) is 4.79 Å². The predicted molar refractivity (Wildman–Crippen MR) is 83.0 cm³/mol. The SMILES string of the molecule is CC(C)(C)OC(=O)NC(CN)c1csc2ccccc12. The van der Waals surface area contributed by atoms with Crippen molar-refractivity contribution in [3.05, 3.63) is 35.2 Å². The number of thiophene rings is 1. The topological polar surface area (TPSA) is 64.3 Å². The van der Waals surface area contributed by atoms with Crippen molar-refractivity contribution in [2.45, 2.75) is 32.4 Å². The van der Waals surface area contributed by atoms with E-state index in [9.17, 15) is 4.79 Å². The number of rotatable bonds is 3. The predicted octanol–water partition coefficient (Wildman–Crippen LogP) is 3.43. The van der Waals surface area contributed by atoms with E-state index in [1.807, 2.05) is 44.4 Å². The van der Waals surface area contributed by atoms with E-state index in [2.05, 4.69) is 11.4 Å².